The van der Waals surface area contributed by atoms with Crippen LogP contribution in [0.4, 0.5) is 5.69 Å². The lowest BCUT2D eigenvalue weighted by atomic mass is 10.0. The molecule has 1 saturated heterocycles. The van der Waals surface area contributed by atoms with Crippen molar-refractivity contribution in [3.05, 3.63) is 54.1 Å². The van der Waals surface area contributed by atoms with E-state index in [1.165, 1.54) is 9.79 Å². The number of amidine groups is 1. The van der Waals surface area contributed by atoms with Gasteiger partial charge in [-0.3, -0.25) is 4.79 Å². The number of hydrogen-bond acceptors (Lipinski definition) is 5. The van der Waals surface area contributed by atoms with Crippen molar-refractivity contribution < 1.29 is 4.79 Å². The Morgan fingerprint density at radius 3 is 2.36 bits per heavy atom. The lowest BCUT2D eigenvalue weighted by molar-refractivity contribution is -0.134. The van der Waals surface area contributed by atoms with E-state index >= 15 is 0 Å². The number of aliphatic imine (C=N–C) groups is 1. The normalized spacial score (nSPS) is 17.5. The standard InChI is InChI=1S/C22H26N4OS/c1-15(2)20(23)22(27)26-13-11-25(12-14-26)21-16-7-3-5-9-18(16)28-19-10-6-4-8-17(19)24-21/h3-10,15,20H,11-14,23H2,1-2H3/t20-/m0/s1. The third kappa shape index (κ3) is 3.66. The van der Waals surface area contributed by atoms with Gasteiger partial charge in [0.25, 0.3) is 0 Å². The smallest absolute Gasteiger partial charge is 0.239 e. The van der Waals surface area contributed by atoms with Gasteiger partial charge < -0.3 is 15.5 Å². The number of fused-ring (bicyclic) bond motifs is 2. The number of nitrogens with zero attached hydrogens (tertiary/aromatic N) is 3. The van der Waals surface area contributed by atoms with Crippen molar-refractivity contribution in [2.24, 2.45) is 16.6 Å². The van der Waals surface area contributed by atoms with E-state index < -0.39 is 6.04 Å². The molecule has 2 heterocycles. The summed E-state index contributed by atoms with van der Waals surface area (Å²) in [6.07, 6.45) is 0. The van der Waals surface area contributed by atoms with Crippen molar-refractivity contribution in [3.63, 3.8) is 0 Å². The zero-order valence-corrected chi connectivity index (χ0v) is 17.2. The summed E-state index contributed by atoms with van der Waals surface area (Å²) >= 11 is 1.76. The molecule has 28 heavy (non-hydrogen) atoms. The molecule has 5 nitrogen and oxygen atoms in total. The minimum absolute atomic E-state index is 0.0544. The zero-order chi connectivity index (χ0) is 19.7. The van der Waals surface area contributed by atoms with E-state index in [4.69, 9.17) is 10.7 Å². The maximum Gasteiger partial charge on any atom is 0.239 e. The molecule has 2 aromatic rings. The first kappa shape index (κ1) is 19.0. The number of rotatable bonds is 2. The first-order chi connectivity index (χ1) is 13.5. The highest BCUT2D eigenvalue weighted by Gasteiger charge is 2.29. The van der Waals surface area contributed by atoms with Gasteiger partial charge in [-0.25, -0.2) is 4.99 Å². The van der Waals surface area contributed by atoms with E-state index in [1.807, 2.05) is 24.8 Å². The van der Waals surface area contributed by atoms with Gasteiger partial charge in [-0.1, -0.05) is 55.9 Å². The molecule has 2 aliphatic rings. The fourth-order valence-corrected chi connectivity index (χ4v) is 4.56. The van der Waals surface area contributed by atoms with E-state index in [0.29, 0.717) is 13.1 Å². The summed E-state index contributed by atoms with van der Waals surface area (Å²) in [6.45, 7) is 6.85. The van der Waals surface area contributed by atoms with Gasteiger partial charge in [0.2, 0.25) is 5.91 Å². The molecule has 4 rings (SSSR count). The second-order valence-corrected chi connectivity index (χ2v) is 8.67. The molecule has 2 N–H and O–H groups in total. The third-order valence-electron chi connectivity index (χ3n) is 5.33. The van der Waals surface area contributed by atoms with Gasteiger partial charge in [-0.2, -0.15) is 0 Å². The minimum atomic E-state index is -0.425. The lowest BCUT2D eigenvalue weighted by Crippen LogP contribution is -2.55. The molecule has 0 radical (unpaired) electrons. The van der Waals surface area contributed by atoms with Crippen molar-refractivity contribution >= 4 is 29.2 Å². The summed E-state index contributed by atoms with van der Waals surface area (Å²) in [5, 5.41) is 0. The zero-order valence-electron chi connectivity index (χ0n) is 16.3. The summed E-state index contributed by atoms with van der Waals surface area (Å²) in [7, 11) is 0. The van der Waals surface area contributed by atoms with Crippen LogP contribution in [-0.4, -0.2) is 53.8 Å². The molecular formula is C22H26N4OS. The highest BCUT2D eigenvalue weighted by atomic mass is 32.2. The van der Waals surface area contributed by atoms with Gasteiger partial charge >= 0.3 is 0 Å². The highest BCUT2D eigenvalue weighted by molar-refractivity contribution is 7.99. The van der Waals surface area contributed by atoms with Crippen LogP contribution in [0.2, 0.25) is 0 Å². The van der Waals surface area contributed by atoms with Crippen molar-refractivity contribution in [3.8, 4) is 0 Å². The molecular weight excluding hydrogens is 368 g/mol. The van der Waals surface area contributed by atoms with Crippen LogP contribution >= 0.6 is 11.8 Å². The Bertz CT molecular complexity index is 903. The number of amides is 1. The van der Waals surface area contributed by atoms with Crippen LogP contribution in [0.5, 0.6) is 0 Å². The summed E-state index contributed by atoms with van der Waals surface area (Å²) < 4.78 is 0. The number of para-hydroxylation sites is 1. The van der Waals surface area contributed by atoms with Crippen molar-refractivity contribution in [1.82, 2.24) is 9.80 Å². The summed E-state index contributed by atoms with van der Waals surface area (Å²) in [5.41, 5.74) is 8.23. The number of benzene rings is 2. The molecule has 1 amide bonds. The highest BCUT2D eigenvalue weighted by Crippen LogP contribution is 2.40. The van der Waals surface area contributed by atoms with Crippen molar-refractivity contribution in [1.29, 1.82) is 0 Å². The molecule has 1 atom stereocenters. The molecule has 0 spiro atoms. The van der Waals surface area contributed by atoms with E-state index in [0.717, 1.165) is 30.2 Å². The Morgan fingerprint density at radius 1 is 1.00 bits per heavy atom. The topological polar surface area (TPSA) is 61.9 Å². The van der Waals surface area contributed by atoms with Crippen LogP contribution in [-0.2, 0) is 4.79 Å². The van der Waals surface area contributed by atoms with Gasteiger partial charge in [0.15, 0.2) is 0 Å². The molecule has 0 unspecified atom stereocenters. The van der Waals surface area contributed by atoms with Crippen LogP contribution in [0.3, 0.4) is 0 Å². The SMILES string of the molecule is CC(C)[C@H](N)C(=O)N1CCN(C2=Nc3ccccc3Sc3ccccc32)CC1. The number of carbonyl (C=O) groups excluding carboxylic acids is 1. The van der Waals surface area contributed by atoms with Gasteiger partial charge in [-0.15, -0.1) is 0 Å². The van der Waals surface area contributed by atoms with Crippen LogP contribution in [0, 0.1) is 5.92 Å². The molecule has 0 aromatic heterocycles. The predicted molar refractivity (Wildman–Crippen MR) is 114 cm³/mol. The van der Waals surface area contributed by atoms with Crippen molar-refractivity contribution in [2.75, 3.05) is 26.2 Å². The van der Waals surface area contributed by atoms with E-state index in [1.54, 1.807) is 11.8 Å². The summed E-state index contributed by atoms with van der Waals surface area (Å²) in [4.78, 5) is 24.2. The minimum Gasteiger partial charge on any atom is -0.353 e. The molecule has 0 bridgehead atoms. The van der Waals surface area contributed by atoms with Crippen LogP contribution in [0.15, 0.2) is 63.3 Å². The number of carbonyl (C=O) groups is 1. The number of hydrogen-bond donors (Lipinski definition) is 1. The van der Waals surface area contributed by atoms with Crippen molar-refractivity contribution in [2.45, 2.75) is 29.7 Å². The number of nitrogens with two attached hydrogens (primary N) is 1. The molecule has 1 fully saturated rings. The monoisotopic (exact) mass is 394 g/mol. The van der Waals surface area contributed by atoms with Gasteiger partial charge in [0, 0.05) is 41.5 Å². The average molecular weight is 395 g/mol. The largest absolute Gasteiger partial charge is 0.353 e. The fourth-order valence-electron chi connectivity index (χ4n) is 3.54. The fraction of sp³-hybridized carbons (Fsp3) is 0.364. The predicted octanol–water partition coefficient (Wildman–Crippen LogP) is 3.36. The molecule has 146 valence electrons. The van der Waals surface area contributed by atoms with Gasteiger partial charge in [0.05, 0.1) is 11.7 Å². The Morgan fingerprint density at radius 2 is 1.64 bits per heavy atom. The summed E-state index contributed by atoms with van der Waals surface area (Å²) in [6, 6.07) is 16.3. The van der Waals surface area contributed by atoms with Crippen LogP contribution < -0.4 is 5.73 Å². The molecule has 0 aliphatic carbocycles. The van der Waals surface area contributed by atoms with Crippen LogP contribution in [0.25, 0.3) is 0 Å². The Kier molecular flexibility index (Phi) is 5.42. The first-order valence-corrected chi connectivity index (χ1v) is 10.6. The average Bonchev–Trinajstić information content (AvgIpc) is 2.89. The molecule has 2 aromatic carbocycles. The van der Waals surface area contributed by atoms with E-state index in [-0.39, 0.29) is 11.8 Å². The Balaban J connectivity index is 1.59. The quantitative estimate of drug-likeness (QED) is 0.848. The third-order valence-corrected chi connectivity index (χ3v) is 6.47. The van der Waals surface area contributed by atoms with Gasteiger partial charge in [0.1, 0.15) is 5.84 Å². The van der Waals surface area contributed by atoms with Crippen LogP contribution in [0.1, 0.15) is 19.4 Å². The Labute approximate surface area is 170 Å². The lowest BCUT2D eigenvalue weighted by Gasteiger charge is -2.38. The molecule has 6 heteroatoms. The molecule has 2 aliphatic heterocycles. The van der Waals surface area contributed by atoms with E-state index in [2.05, 4.69) is 47.4 Å². The second-order valence-electron chi connectivity index (χ2n) is 7.58. The first-order valence-electron chi connectivity index (χ1n) is 9.79. The van der Waals surface area contributed by atoms with Gasteiger partial charge in [-0.05, 0) is 24.1 Å². The summed E-state index contributed by atoms with van der Waals surface area (Å²) in [5.74, 6) is 1.20. The molecule has 0 saturated carbocycles. The second kappa shape index (κ2) is 7.97. The maximum atomic E-state index is 12.6. The number of piperazine rings is 1. The van der Waals surface area contributed by atoms with E-state index in [9.17, 15) is 4.79 Å². The maximum absolute atomic E-state index is 12.6. The Hall–Kier alpha value is -2.31.